The van der Waals surface area contributed by atoms with Gasteiger partial charge in [-0.25, -0.2) is 4.98 Å². The van der Waals surface area contributed by atoms with Crippen molar-refractivity contribution >= 4 is 22.7 Å². The maximum absolute atomic E-state index is 12.8. The average Bonchev–Trinajstić information content (AvgIpc) is 3.18. The van der Waals surface area contributed by atoms with Gasteiger partial charge in [0.1, 0.15) is 6.54 Å². The number of hydrogen-bond acceptors (Lipinski definition) is 5. The van der Waals surface area contributed by atoms with Gasteiger partial charge in [-0.2, -0.15) is 0 Å². The molecule has 2 fully saturated rings. The van der Waals surface area contributed by atoms with E-state index in [2.05, 4.69) is 9.88 Å². The molecule has 0 aliphatic carbocycles. The Morgan fingerprint density at radius 2 is 1.52 bits per heavy atom. The molecule has 0 bridgehead atoms. The van der Waals surface area contributed by atoms with Crippen LogP contribution in [0.15, 0.2) is 35.4 Å². The molecule has 0 unspecified atom stereocenters. The van der Waals surface area contributed by atoms with Crippen LogP contribution in [0, 0.1) is 0 Å². The van der Waals surface area contributed by atoms with Gasteiger partial charge in [0.2, 0.25) is 11.8 Å². The summed E-state index contributed by atoms with van der Waals surface area (Å²) >= 11 is 0. The lowest BCUT2D eigenvalue weighted by Crippen LogP contribution is -2.42. The Bertz CT molecular complexity index is 951. The number of nitrogens with zero attached hydrogens (tertiary/aromatic N) is 5. The molecule has 2 amide bonds. The van der Waals surface area contributed by atoms with E-state index in [1.807, 2.05) is 11.0 Å². The standard InChI is InChI=1S/C21H27N5O3/c27-19(24-9-3-4-10-24)14-23-8-5-11-25(13-12-23)20(28)15-26-16-22-18-7-2-1-6-17(18)21(26)29/h1-2,6-7,16H,3-5,8-15H2. The van der Waals surface area contributed by atoms with E-state index in [0.29, 0.717) is 37.1 Å². The summed E-state index contributed by atoms with van der Waals surface area (Å²) in [5.41, 5.74) is 0.436. The first-order valence-electron chi connectivity index (χ1n) is 10.3. The third-order valence-corrected chi connectivity index (χ3v) is 5.80. The fraction of sp³-hybridized carbons (Fsp3) is 0.524. The molecule has 0 spiro atoms. The van der Waals surface area contributed by atoms with Crippen molar-refractivity contribution in [1.29, 1.82) is 0 Å². The highest BCUT2D eigenvalue weighted by atomic mass is 16.2. The number of fused-ring (bicyclic) bond motifs is 1. The molecular formula is C21H27N5O3. The van der Waals surface area contributed by atoms with E-state index in [-0.39, 0.29) is 23.9 Å². The Labute approximate surface area is 169 Å². The molecule has 29 heavy (non-hydrogen) atoms. The highest BCUT2D eigenvalue weighted by Gasteiger charge is 2.24. The second-order valence-corrected chi connectivity index (χ2v) is 7.79. The Hall–Kier alpha value is -2.74. The Balaban J connectivity index is 1.35. The summed E-state index contributed by atoms with van der Waals surface area (Å²) in [6.07, 6.45) is 4.46. The molecule has 3 heterocycles. The van der Waals surface area contributed by atoms with Crippen molar-refractivity contribution in [2.45, 2.75) is 25.8 Å². The minimum Gasteiger partial charge on any atom is -0.342 e. The molecular weight excluding hydrogens is 370 g/mol. The van der Waals surface area contributed by atoms with Crippen LogP contribution >= 0.6 is 0 Å². The molecule has 2 aromatic rings. The maximum Gasteiger partial charge on any atom is 0.261 e. The third-order valence-electron chi connectivity index (χ3n) is 5.80. The van der Waals surface area contributed by atoms with E-state index in [4.69, 9.17) is 0 Å². The molecule has 4 rings (SSSR count). The zero-order valence-corrected chi connectivity index (χ0v) is 16.6. The summed E-state index contributed by atoms with van der Waals surface area (Å²) in [6.45, 7) is 4.85. The Morgan fingerprint density at radius 1 is 0.828 bits per heavy atom. The summed E-state index contributed by atoms with van der Waals surface area (Å²) < 4.78 is 1.38. The van der Waals surface area contributed by atoms with Gasteiger partial charge < -0.3 is 9.80 Å². The first-order chi connectivity index (χ1) is 14.1. The van der Waals surface area contributed by atoms with Crippen LogP contribution in [0.5, 0.6) is 0 Å². The van der Waals surface area contributed by atoms with Crippen LogP contribution < -0.4 is 5.56 Å². The molecule has 2 aliphatic rings. The summed E-state index contributed by atoms with van der Waals surface area (Å²) in [6, 6.07) is 7.15. The molecule has 0 radical (unpaired) electrons. The predicted molar refractivity (Wildman–Crippen MR) is 109 cm³/mol. The van der Waals surface area contributed by atoms with E-state index in [0.717, 1.165) is 38.9 Å². The average molecular weight is 397 g/mol. The number of hydrogen-bond donors (Lipinski definition) is 0. The monoisotopic (exact) mass is 397 g/mol. The van der Waals surface area contributed by atoms with Gasteiger partial charge in [0.25, 0.3) is 5.56 Å². The van der Waals surface area contributed by atoms with Crippen molar-refractivity contribution in [2.24, 2.45) is 0 Å². The molecule has 0 N–H and O–H groups in total. The molecule has 8 heteroatoms. The van der Waals surface area contributed by atoms with Gasteiger partial charge in [-0.15, -0.1) is 0 Å². The van der Waals surface area contributed by atoms with Gasteiger partial charge in [0.05, 0.1) is 23.8 Å². The Kier molecular flexibility index (Phi) is 5.89. The van der Waals surface area contributed by atoms with E-state index in [1.54, 1.807) is 23.1 Å². The second-order valence-electron chi connectivity index (χ2n) is 7.79. The fourth-order valence-electron chi connectivity index (χ4n) is 4.10. The van der Waals surface area contributed by atoms with E-state index >= 15 is 0 Å². The normalized spacial score (nSPS) is 18.2. The Morgan fingerprint density at radius 3 is 2.34 bits per heavy atom. The van der Waals surface area contributed by atoms with Crippen molar-refractivity contribution in [3.8, 4) is 0 Å². The molecule has 0 atom stereocenters. The molecule has 154 valence electrons. The van der Waals surface area contributed by atoms with Crippen LogP contribution in [0.3, 0.4) is 0 Å². The number of amides is 2. The lowest BCUT2D eigenvalue weighted by atomic mass is 10.2. The van der Waals surface area contributed by atoms with Crippen LogP contribution in [-0.2, 0) is 16.1 Å². The first kappa shape index (κ1) is 19.6. The summed E-state index contributed by atoms with van der Waals surface area (Å²) in [4.78, 5) is 47.9. The fourth-order valence-corrected chi connectivity index (χ4v) is 4.10. The molecule has 1 aromatic carbocycles. The van der Waals surface area contributed by atoms with E-state index in [9.17, 15) is 14.4 Å². The molecule has 0 saturated carbocycles. The van der Waals surface area contributed by atoms with E-state index < -0.39 is 0 Å². The van der Waals surface area contributed by atoms with Crippen LogP contribution in [0.1, 0.15) is 19.3 Å². The summed E-state index contributed by atoms with van der Waals surface area (Å²) in [5.74, 6) is 0.105. The van der Waals surface area contributed by atoms with Gasteiger partial charge >= 0.3 is 0 Å². The smallest absolute Gasteiger partial charge is 0.261 e. The zero-order valence-electron chi connectivity index (χ0n) is 16.6. The summed E-state index contributed by atoms with van der Waals surface area (Å²) in [5, 5.41) is 0.519. The van der Waals surface area contributed by atoms with Gasteiger partial charge in [0, 0.05) is 39.3 Å². The van der Waals surface area contributed by atoms with Crippen molar-refractivity contribution in [2.75, 3.05) is 45.8 Å². The highest BCUT2D eigenvalue weighted by molar-refractivity contribution is 5.79. The third kappa shape index (κ3) is 4.48. The zero-order chi connectivity index (χ0) is 20.2. The van der Waals surface area contributed by atoms with Crippen molar-refractivity contribution in [3.63, 3.8) is 0 Å². The quantitative estimate of drug-likeness (QED) is 0.753. The predicted octanol–water partition coefficient (Wildman–Crippen LogP) is 0.553. The van der Waals surface area contributed by atoms with Crippen LogP contribution in [-0.4, -0.2) is 81.9 Å². The highest BCUT2D eigenvalue weighted by Crippen LogP contribution is 2.10. The number of carbonyl (C=O) groups is 2. The second kappa shape index (κ2) is 8.73. The van der Waals surface area contributed by atoms with Crippen molar-refractivity contribution in [3.05, 3.63) is 40.9 Å². The van der Waals surface area contributed by atoms with Crippen molar-refractivity contribution < 1.29 is 9.59 Å². The number of likely N-dealkylation sites (tertiary alicyclic amines) is 1. The number of aromatic nitrogens is 2. The van der Waals surface area contributed by atoms with Crippen LogP contribution in [0.25, 0.3) is 10.9 Å². The molecule has 2 saturated heterocycles. The van der Waals surface area contributed by atoms with Crippen LogP contribution in [0.2, 0.25) is 0 Å². The van der Waals surface area contributed by atoms with Crippen LogP contribution in [0.4, 0.5) is 0 Å². The number of rotatable bonds is 4. The van der Waals surface area contributed by atoms with E-state index in [1.165, 1.54) is 10.9 Å². The number of para-hydroxylation sites is 1. The topological polar surface area (TPSA) is 78.8 Å². The van der Waals surface area contributed by atoms with Gasteiger partial charge in [0.15, 0.2) is 0 Å². The lowest BCUT2D eigenvalue weighted by Gasteiger charge is -2.24. The van der Waals surface area contributed by atoms with Gasteiger partial charge in [-0.1, -0.05) is 12.1 Å². The number of benzene rings is 1. The first-order valence-corrected chi connectivity index (χ1v) is 10.3. The SMILES string of the molecule is O=C(CN1CCCN(C(=O)Cn2cnc3ccccc3c2=O)CC1)N1CCCC1. The molecule has 2 aliphatic heterocycles. The molecule has 1 aromatic heterocycles. The number of carbonyl (C=O) groups excluding carboxylic acids is 2. The largest absolute Gasteiger partial charge is 0.342 e. The molecule has 8 nitrogen and oxygen atoms in total. The summed E-state index contributed by atoms with van der Waals surface area (Å²) in [7, 11) is 0. The minimum atomic E-state index is -0.198. The minimum absolute atomic E-state index is 0.0105. The van der Waals surface area contributed by atoms with Gasteiger partial charge in [-0.05, 0) is 31.4 Å². The van der Waals surface area contributed by atoms with Crippen molar-refractivity contribution in [1.82, 2.24) is 24.3 Å². The maximum atomic E-state index is 12.8. The lowest BCUT2D eigenvalue weighted by molar-refractivity contribution is -0.131. The van der Waals surface area contributed by atoms with Gasteiger partial charge in [-0.3, -0.25) is 23.9 Å².